The van der Waals surface area contributed by atoms with Crippen LogP contribution < -0.4 is 0 Å². The minimum Gasteiger partial charge on any atom is -0.435 e. The summed E-state index contributed by atoms with van der Waals surface area (Å²) in [6, 6.07) is 54.0. The highest BCUT2D eigenvalue weighted by Gasteiger charge is 2.19. The Morgan fingerprint density at radius 2 is 0.788 bits per heavy atom. The summed E-state index contributed by atoms with van der Waals surface area (Å²) in [7, 11) is 0. The van der Waals surface area contributed by atoms with Gasteiger partial charge in [-0.1, -0.05) is 156 Å². The van der Waals surface area contributed by atoms with Gasteiger partial charge in [-0.15, -0.1) is 0 Å². The van der Waals surface area contributed by atoms with Crippen LogP contribution in [-0.2, 0) is 0 Å². The van der Waals surface area contributed by atoms with E-state index in [-0.39, 0.29) is 0 Å². The summed E-state index contributed by atoms with van der Waals surface area (Å²) in [5.41, 5.74) is 25.3. The average Bonchev–Trinajstić information content (AvgIpc) is 3.87. The number of benzene rings is 6. The normalized spacial score (nSPS) is 10.3. The molecule has 10 heteroatoms. The minimum absolute atomic E-state index is 0.484. The first-order valence-corrected chi connectivity index (χ1v) is 16.2. The summed E-state index contributed by atoms with van der Waals surface area (Å²) in [4.78, 5) is 15.1. The van der Waals surface area contributed by atoms with Gasteiger partial charge in [-0.2, -0.15) is 0 Å². The molecule has 0 radical (unpaired) electrons. The second kappa shape index (κ2) is 15.7. The topological polar surface area (TPSA) is 150 Å². The third-order valence-electron chi connectivity index (χ3n) is 7.95. The molecule has 0 aliphatic rings. The van der Waals surface area contributed by atoms with Gasteiger partial charge in [-0.3, -0.25) is 0 Å². The molecule has 0 saturated carbocycles. The highest BCUT2D eigenvalue weighted by atomic mass is 16.4. The number of oxazole rings is 2. The minimum atomic E-state index is 0.484. The smallest absolute Gasteiger partial charge is 0.227 e. The number of hydrogen-bond acceptors (Lipinski definition) is 6. The van der Waals surface area contributed by atoms with Crippen molar-refractivity contribution < 1.29 is 8.83 Å². The van der Waals surface area contributed by atoms with Crippen LogP contribution in [0.3, 0.4) is 0 Å². The van der Waals surface area contributed by atoms with Gasteiger partial charge in [-0.25, -0.2) is 9.97 Å². The molecule has 0 saturated heterocycles. The van der Waals surface area contributed by atoms with Crippen molar-refractivity contribution in [2.45, 2.75) is 0 Å². The van der Waals surface area contributed by atoms with E-state index >= 15 is 0 Å². The van der Waals surface area contributed by atoms with Crippen LogP contribution in [0.2, 0.25) is 0 Å². The number of nitrogens with zero attached hydrogens (tertiary/aromatic N) is 8. The Hall–Kier alpha value is -7.64. The standard InChI is InChI=1S/2C21H14N4O/c22-25-24-18-13-7-12-17(14-18)21-23-19(15-8-3-1-4-9-15)20(26-21)16-10-5-2-6-11-16;22-25-24-18-13-11-17(12-14-18)21-23-19(15-7-3-1-4-8-15)20(26-21)16-9-5-2-6-10-16/h2*1-14H. The van der Waals surface area contributed by atoms with Gasteiger partial charge >= 0.3 is 0 Å². The summed E-state index contributed by atoms with van der Waals surface area (Å²) in [6.07, 6.45) is 0. The maximum Gasteiger partial charge on any atom is 0.227 e. The van der Waals surface area contributed by atoms with Crippen LogP contribution >= 0.6 is 0 Å². The molecule has 0 amide bonds. The molecule has 8 aromatic rings. The summed E-state index contributed by atoms with van der Waals surface area (Å²) < 4.78 is 12.3. The average molecular weight is 677 g/mol. The molecule has 8 rings (SSSR count). The number of azide groups is 2. The third kappa shape index (κ3) is 7.49. The lowest BCUT2D eigenvalue weighted by Crippen LogP contribution is -1.82. The van der Waals surface area contributed by atoms with Crippen molar-refractivity contribution in [1.29, 1.82) is 0 Å². The quantitative estimate of drug-likeness (QED) is 0.0893. The van der Waals surface area contributed by atoms with Gasteiger partial charge in [-0.05, 0) is 35.3 Å². The van der Waals surface area contributed by atoms with E-state index in [9.17, 15) is 0 Å². The van der Waals surface area contributed by atoms with Crippen molar-refractivity contribution >= 4 is 11.4 Å². The Balaban J connectivity index is 0.000000162. The second-order valence-corrected chi connectivity index (χ2v) is 11.3. The molecule has 2 aromatic heterocycles. The predicted molar refractivity (Wildman–Crippen MR) is 203 cm³/mol. The van der Waals surface area contributed by atoms with E-state index in [0.29, 0.717) is 28.9 Å². The van der Waals surface area contributed by atoms with Crippen LogP contribution in [0.4, 0.5) is 11.4 Å². The second-order valence-electron chi connectivity index (χ2n) is 11.3. The van der Waals surface area contributed by atoms with Gasteiger partial charge in [0.2, 0.25) is 11.8 Å². The van der Waals surface area contributed by atoms with Crippen LogP contribution in [-0.4, -0.2) is 9.97 Å². The van der Waals surface area contributed by atoms with Crippen molar-refractivity contribution in [3.8, 4) is 68.1 Å². The molecule has 0 bridgehead atoms. The van der Waals surface area contributed by atoms with Crippen molar-refractivity contribution in [1.82, 2.24) is 9.97 Å². The van der Waals surface area contributed by atoms with Gasteiger partial charge in [0.15, 0.2) is 11.5 Å². The molecule has 6 aromatic carbocycles. The molecule has 0 fully saturated rings. The molecule has 0 unspecified atom stereocenters. The summed E-state index contributed by atoms with van der Waals surface area (Å²) in [5, 5.41) is 7.24. The molecule has 0 aliphatic carbocycles. The van der Waals surface area contributed by atoms with Gasteiger partial charge < -0.3 is 8.83 Å². The van der Waals surface area contributed by atoms with Crippen molar-refractivity contribution in [3.05, 3.63) is 191 Å². The third-order valence-corrected chi connectivity index (χ3v) is 7.95. The maximum absolute atomic E-state index is 8.65. The zero-order valence-corrected chi connectivity index (χ0v) is 27.6. The molecule has 0 N–H and O–H groups in total. The Morgan fingerprint density at radius 3 is 1.25 bits per heavy atom. The van der Waals surface area contributed by atoms with Gasteiger partial charge in [0.05, 0.1) is 0 Å². The molecular formula is C42H28N8O2. The number of rotatable bonds is 8. The summed E-state index contributed by atoms with van der Waals surface area (Å²) in [5.74, 6) is 2.44. The molecule has 0 spiro atoms. The first kappa shape index (κ1) is 32.9. The summed E-state index contributed by atoms with van der Waals surface area (Å²) in [6.45, 7) is 0. The molecule has 0 atom stereocenters. The van der Waals surface area contributed by atoms with Crippen LogP contribution in [0.15, 0.2) is 189 Å². The van der Waals surface area contributed by atoms with E-state index in [1.807, 2.05) is 146 Å². The van der Waals surface area contributed by atoms with E-state index in [1.54, 1.807) is 24.3 Å². The fourth-order valence-electron chi connectivity index (χ4n) is 5.52. The molecule has 0 aliphatic heterocycles. The van der Waals surface area contributed by atoms with E-state index in [0.717, 1.165) is 50.5 Å². The van der Waals surface area contributed by atoms with Crippen molar-refractivity contribution in [2.75, 3.05) is 0 Å². The first-order chi connectivity index (χ1) is 25.7. The van der Waals surface area contributed by atoms with E-state index < -0.39 is 0 Å². The van der Waals surface area contributed by atoms with Crippen LogP contribution in [0.1, 0.15) is 0 Å². The van der Waals surface area contributed by atoms with Crippen molar-refractivity contribution in [3.63, 3.8) is 0 Å². The number of hydrogen-bond donors (Lipinski definition) is 0. The largest absolute Gasteiger partial charge is 0.435 e. The fourth-order valence-corrected chi connectivity index (χ4v) is 5.52. The lowest BCUT2D eigenvalue weighted by Gasteiger charge is -2.00. The first-order valence-electron chi connectivity index (χ1n) is 16.2. The molecule has 10 nitrogen and oxygen atoms in total. The molecule has 2 heterocycles. The Morgan fingerprint density at radius 1 is 0.385 bits per heavy atom. The molecule has 248 valence electrons. The van der Waals surface area contributed by atoms with Gasteiger partial charge in [0.25, 0.3) is 0 Å². The Bertz CT molecular complexity index is 2390. The van der Waals surface area contributed by atoms with Gasteiger partial charge in [0.1, 0.15) is 11.4 Å². The highest BCUT2D eigenvalue weighted by Crippen LogP contribution is 2.38. The van der Waals surface area contributed by atoms with Crippen LogP contribution in [0, 0.1) is 0 Å². The van der Waals surface area contributed by atoms with Crippen LogP contribution in [0.25, 0.3) is 89.0 Å². The SMILES string of the molecule is [N-]=[N+]=Nc1ccc(-c2nc(-c3ccccc3)c(-c3ccccc3)o2)cc1.[N-]=[N+]=Nc1cccc(-c2nc(-c3ccccc3)c(-c3ccccc3)o2)c1. The summed E-state index contributed by atoms with van der Waals surface area (Å²) >= 11 is 0. The van der Waals surface area contributed by atoms with Crippen molar-refractivity contribution in [2.24, 2.45) is 10.2 Å². The fraction of sp³-hybridized carbons (Fsp3) is 0. The zero-order valence-electron chi connectivity index (χ0n) is 27.6. The molecule has 52 heavy (non-hydrogen) atoms. The number of aromatic nitrogens is 2. The lowest BCUT2D eigenvalue weighted by molar-refractivity contribution is 0.589. The van der Waals surface area contributed by atoms with Crippen LogP contribution in [0.5, 0.6) is 0 Å². The predicted octanol–water partition coefficient (Wildman–Crippen LogP) is 13.2. The highest BCUT2D eigenvalue weighted by molar-refractivity contribution is 5.80. The van der Waals surface area contributed by atoms with Gasteiger partial charge in [0, 0.05) is 54.6 Å². The zero-order chi connectivity index (χ0) is 35.5. The Kier molecular flexibility index (Phi) is 9.94. The Labute approximate surface area is 298 Å². The van der Waals surface area contributed by atoms with E-state index in [2.05, 4.69) is 20.1 Å². The lowest BCUT2D eigenvalue weighted by atomic mass is 10.1. The monoisotopic (exact) mass is 676 g/mol. The maximum atomic E-state index is 8.65. The molecular weight excluding hydrogens is 649 g/mol. The van der Waals surface area contributed by atoms with E-state index in [1.165, 1.54) is 0 Å². The van der Waals surface area contributed by atoms with E-state index in [4.69, 9.17) is 29.9 Å².